The highest BCUT2D eigenvalue weighted by molar-refractivity contribution is 7.99. The fourth-order valence-electron chi connectivity index (χ4n) is 3.72. The predicted molar refractivity (Wildman–Crippen MR) is 127 cm³/mol. The van der Waals surface area contributed by atoms with Crippen LogP contribution < -0.4 is 16.0 Å². The zero-order valence-corrected chi connectivity index (χ0v) is 18.8. The minimum absolute atomic E-state index is 0.0434. The van der Waals surface area contributed by atoms with Crippen molar-refractivity contribution in [3.8, 4) is 11.6 Å². The van der Waals surface area contributed by atoms with E-state index in [-0.39, 0.29) is 16.7 Å². The molecule has 0 amide bonds. The third-order valence-electron chi connectivity index (χ3n) is 5.45. The summed E-state index contributed by atoms with van der Waals surface area (Å²) in [6, 6.07) is 15.5. The predicted octanol–water partition coefficient (Wildman–Crippen LogP) is 4.41. The number of nitrogens with one attached hydrogen (secondary N) is 1. The van der Waals surface area contributed by atoms with Gasteiger partial charge in [0.1, 0.15) is 11.3 Å². The van der Waals surface area contributed by atoms with Crippen LogP contribution >= 0.6 is 11.8 Å². The molecule has 0 unspecified atom stereocenters. The highest BCUT2D eigenvalue weighted by Crippen LogP contribution is 2.45. The van der Waals surface area contributed by atoms with Crippen LogP contribution in [0.25, 0.3) is 0 Å². The van der Waals surface area contributed by atoms with Gasteiger partial charge in [-0.05, 0) is 36.2 Å². The van der Waals surface area contributed by atoms with Crippen LogP contribution in [0.3, 0.4) is 0 Å². The van der Waals surface area contributed by atoms with Crippen molar-refractivity contribution in [3.05, 3.63) is 80.5 Å². The summed E-state index contributed by atoms with van der Waals surface area (Å²) < 4.78 is 6.49. The number of aromatic amines is 1. The number of nitrogens with zero attached hydrogens (tertiary/aromatic N) is 2. The molecule has 2 N–H and O–H groups in total. The molecule has 4 rings (SSSR count). The summed E-state index contributed by atoms with van der Waals surface area (Å²) in [5.74, 6) is 0.433. The minimum Gasteiger partial charge on any atom is -0.497 e. The van der Waals surface area contributed by atoms with Crippen LogP contribution in [0.1, 0.15) is 42.6 Å². The van der Waals surface area contributed by atoms with E-state index in [4.69, 9.17) is 9.73 Å². The second-order valence-electron chi connectivity index (χ2n) is 7.57. The molecular weight excluding hydrogens is 426 g/mol. The van der Waals surface area contributed by atoms with Gasteiger partial charge >= 0.3 is 5.69 Å². The number of methoxy groups -OCH3 is 1. The van der Waals surface area contributed by atoms with E-state index in [1.165, 1.54) is 4.57 Å². The van der Waals surface area contributed by atoms with Crippen LogP contribution in [-0.4, -0.2) is 27.5 Å². The van der Waals surface area contributed by atoms with Gasteiger partial charge in [-0.25, -0.2) is 4.79 Å². The number of H-pyrrole nitrogens is 1. The highest BCUT2D eigenvalue weighted by atomic mass is 32.2. The summed E-state index contributed by atoms with van der Waals surface area (Å²) in [4.78, 5) is 33.2. The fraction of sp³-hybridized carbons (Fsp3) is 0.292. The molecule has 8 heteroatoms. The number of fused-ring (bicyclic) bond motifs is 1. The quantitative estimate of drug-likeness (QED) is 0.579. The number of hydrogen-bond donors (Lipinski definition) is 2. The molecular formula is C24H25N3O4S. The van der Waals surface area contributed by atoms with Gasteiger partial charge in [0.25, 0.3) is 5.56 Å². The van der Waals surface area contributed by atoms with Crippen molar-refractivity contribution >= 4 is 23.2 Å². The van der Waals surface area contributed by atoms with Gasteiger partial charge in [0.15, 0.2) is 0 Å². The van der Waals surface area contributed by atoms with E-state index in [1.807, 2.05) is 55.5 Å². The maximum absolute atomic E-state index is 12.8. The van der Waals surface area contributed by atoms with Crippen molar-refractivity contribution in [2.24, 2.45) is 4.99 Å². The Morgan fingerprint density at radius 3 is 2.66 bits per heavy atom. The molecule has 1 aliphatic heterocycles. The molecule has 166 valence electrons. The molecule has 0 radical (unpaired) electrons. The molecule has 1 atom stereocenters. The van der Waals surface area contributed by atoms with Crippen LogP contribution in [0.15, 0.2) is 68.0 Å². The number of thioether (sulfide) groups is 1. The molecule has 0 saturated carbocycles. The van der Waals surface area contributed by atoms with Crippen molar-refractivity contribution in [2.45, 2.75) is 42.9 Å². The van der Waals surface area contributed by atoms with E-state index in [0.717, 1.165) is 28.3 Å². The van der Waals surface area contributed by atoms with E-state index >= 15 is 0 Å². The second kappa shape index (κ2) is 9.48. The smallest absolute Gasteiger partial charge is 0.331 e. The minimum atomic E-state index is -0.628. The number of hydrogen-bond acceptors (Lipinski definition) is 6. The molecule has 2 aromatic carbocycles. The second-order valence-corrected chi connectivity index (χ2v) is 8.82. The lowest BCUT2D eigenvalue weighted by Gasteiger charge is -2.17. The number of benzene rings is 2. The molecule has 0 bridgehead atoms. The van der Waals surface area contributed by atoms with Crippen LogP contribution in [0.4, 0.5) is 5.69 Å². The van der Waals surface area contributed by atoms with Crippen LogP contribution in [-0.2, 0) is 6.54 Å². The van der Waals surface area contributed by atoms with Crippen molar-refractivity contribution in [3.63, 3.8) is 0 Å². The number of aromatic hydroxyl groups is 1. The fourth-order valence-corrected chi connectivity index (χ4v) is 4.95. The largest absolute Gasteiger partial charge is 0.497 e. The molecule has 0 fully saturated rings. The first-order chi connectivity index (χ1) is 15.5. The van der Waals surface area contributed by atoms with Gasteiger partial charge in [0.05, 0.1) is 18.5 Å². The van der Waals surface area contributed by atoms with Gasteiger partial charge in [0, 0.05) is 23.1 Å². The zero-order chi connectivity index (χ0) is 22.7. The van der Waals surface area contributed by atoms with Gasteiger partial charge in [-0.2, -0.15) is 0 Å². The zero-order valence-electron chi connectivity index (χ0n) is 18.0. The summed E-state index contributed by atoms with van der Waals surface area (Å²) in [5, 5.41) is 10.9. The first kappa shape index (κ1) is 22.0. The summed E-state index contributed by atoms with van der Waals surface area (Å²) >= 11 is 1.66. The Kier molecular flexibility index (Phi) is 6.50. The molecule has 0 aliphatic carbocycles. The van der Waals surface area contributed by atoms with Crippen molar-refractivity contribution < 1.29 is 9.84 Å². The highest BCUT2D eigenvalue weighted by Gasteiger charge is 2.27. The maximum atomic E-state index is 12.8. The Bertz CT molecular complexity index is 1260. The molecule has 32 heavy (non-hydrogen) atoms. The number of unbranched alkanes of at least 4 members (excludes halogenated alkanes) is 1. The van der Waals surface area contributed by atoms with Crippen molar-refractivity contribution in [1.82, 2.24) is 9.55 Å². The summed E-state index contributed by atoms with van der Waals surface area (Å²) in [5.41, 5.74) is 1.05. The van der Waals surface area contributed by atoms with E-state index < -0.39 is 11.2 Å². The Hall–Kier alpha value is -3.26. The molecule has 0 spiro atoms. The molecule has 0 saturated heterocycles. The first-order valence-electron chi connectivity index (χ1n) is 10.6. The summed E-state index contributed by atoms with van der Waals surface area (Å²) in [6.45, 7) is 2.32. The van der Waals surface area contributed by atoms with Crippen LogP contribution in [0.5, 0.6) is 11.6 Å². The Labute approximate surface area is 189 Å². The number of ether oxygens (including phenoxy) is 1. The Morgan fingerprint density at radius 1 is 1.19 bits per heavy atom. The van der Waals surface area contributed by atoms with Crippen molar-refractivity contribution in [1.29, 1.82) is 0 Å². The number of aromatic nitrogens is 2. The summed E-state index contributed by atoms with van der Waals surface area (Å²) in [7, 11) is 1.62. The first-order valence-corrected chi connectivity index (χ1v) is 11.4. The van der Waals surface area contributed by atoms with E-state index in [1.54, 1.807) is 18.9 Å². The Balaban J connectivity index is 1.84. The van der Waals surface area contributed by atoms with Gasteiger partial charge < -0.3 is 9.84 Å². The lowest BCUT2D eigenvalue weighted by atomic mass is 10.0. The van der Waals surface area contributed by atoms with Crippen molar-refractivity contribution in [2.75, 3.05) is 7.11 Å². The van der Waals surface area contributed by atoms with E-state index in [9.17, 15) is 14.7 Å². The molecule has 7 nitrogen and oxygen atoms in total. The van der Waals surface area contributed by atoms with Crippen LogP contribution in [0.2, 0.25) is 0 Å². The normalized spacial score (nSPS) is 15.6. The molecule has 1 aliphatic rings. The summed E-state index contributed by atoms with van der Waals surface area (Å²) in [6.07, 6.45) is 1.97. The lowest BCUT2D eigenvalue weighted by Crippen LogP contribution is -2.34. The van der Waals surface area contributed by atoms with E-state index in [0.29, 0.717) is 25.1 Å². The van der Waals surface area contributed by atoms with Crippen LogP contribution in [0, 0.1) is 0 Å². The van der Waals surface area contributed by atoms with Gasteiger partial charge in [0.2, 0.25) is 5.88 Å². The molecule has 2 heterocycles. The van der Waals surface area contributed by atoms with Gasteiger partial charge in [-0.15, -0.1) is 11.8 Å². The topological polar surface area (TPSA) is 96.7 Å². The monoisotopic (exact) mass is 451 g/mol. The average molecular weight is 452 g/mol. The molecule has 1 aromatic heterocycles. The third-order valence-corrected chi connectivity index (χ3v) is 6.77. The lowest BCUT2D eigenvalue weighted by molar-refractivity contribution is 0.394. The Morgan fingerprint density at radius 2 is 1.94 bits per heavy atom. The van der Waals surface area contributed by atoms with Gasteiger partial charge in [-0.1, -0.05) is 37.6 Å². The third kappa shape index (κ3) is 4.36. The molecule has 3 aromatic rings. The number of rotatable bonds is 6. The maximum Gasteiger partial charge on any atom is 0.331 e. The van der Waals surface area contributed by atoms with Gasteiger partial charge in [-0.3, -0.25) is 19.3 Å². The standard InChI is InChI=1S/C24H25N3O4S/c1-3-4-13-27-23(29)21(22(28)26-24(27)30)18-14-20(15-9-11-16(31-2)12-10-15)32-19-8-6-5-7-17(19)25-18/h5-12,20,29H,3-4,13-14H2,1-2H3,(H,26,28,30)/t20-/m0/s1. The number of aliphatic imine (C=N–C) groups is 1. The SMILES string of the molecule is CCCCn1c(O)c(C2=Nc3ccccc3S[C@H](c3ccc(OC)cc3)C2)c(=O)[nH]c1=O. The average Bonchev–Trinajstić information content (AvgIpc) is 2.98. The van der Waals surface area contributed by atoms with E-state index in [2.05, 4.69) is 4.98 Å². The number of para-hydroxylation sites is 1.